The predicted octanol–water partition coefficient (Wildman–Crippen LogP) is 1.25. The molecule has 1 aromatic heterocycles. The Labute approximate surface area is 105 Å². The van der Waals surface area contributed by atoms with Crippen molar-refractivity contribution in [3.8, 4) is 11.8 Å². The quantitative estimate of drug-likeness (QED) is 0.796. The molecule has 1 aromatic rings. The number of aliphatic hydroxyl groups excluding tert-OH is 1. The zero-order chi connectivity index (χ0) is 12.7. The van der Waals surface area contributed by atoms with Gasteiger partial charge in [0.25, 0.3) is 0 Å². The van der Waals surface area contributed by atoms with E-state index >= 15 is 0 Å². The van der Waals surface area contributed by atoms with Crippen LogP contribution >= 0.6 is 11.3 Å². The van der Waals surface area contributed by atoms with E-state index in [9.17, 15) is 4.79 Å². The minimum Gasteiger partial charge on any atom is -0.384 e. The Morgan fingerprint density at radius 3 is 3.06 bits per heavy atom. The number of amides is 2. The molecule has 5 heteroatoms. The summed E-state index contributed by atoms with van der Waals surface area (Å²) in [5, 5.41) is 13.4. The number of nitrogens with one attached hydrogen (secondary N) is 1. The van der Waals surface area contributed by atoms with Crippen LogP contribution in [0.15, 0.2) is 11.4 Å². The molecule has 0 saturated heterocycles. The number of nitrogens with zero attached hydrogens (tertiary/aromatic N) is 1. The van der Waals surface area contributed by atoms with Crippen LogP contribution in [0.5, 0.6) is 0 Å². The average Bonchev–Trinajstić information content (AvgIpc) is 2.79. The Balaban J connectivity index is 2.58. The summed E-state index contributed by atoms with van der Waals surface area (Å²) in [7, 11) is 1.75. The Bertz CT molecular complexity index is 431. The predicted molar refractivity (Wildman–Crippen MR) is 68.8 cm³/mol. The fourth-order valence-corrected chi connectivity index (χ4v) is 1.93. The number of carbonyl (C=O) groups is 1. The summed E-state index contributed by atoms with van der Waals surface area (Å²) in [6.45, 7) is 2.91. The lowest BCUT2D eigenvalue weighted by atomic mass is 10.2. The summed E-state index contributed by atoms with van der Waals surface area (Å²) < 4.78 is 0. The summed E-state index contributed by atoms with van der Waals surface area (Å²) in [5.41, 5.74) is 0.864. The first kappa shape index (κ1) is 13.6. The maximum atomic E-state index is 11.5. The highest BCUT2D eigenvalue weighted by Gasteiger charge is 2.07. The van der Waals surface area contributed by atoms with E-state index < -0.39 is 0 Å². The van der Waals surface area contributed by atoms with Crippen molar-refractivity contribution >= 4 is 17.4 Å². The van der Waals surface area contributed by atoms with Crippen molar-refractivity contribution in [3.63, 3.8) is 0 Å². The van der Waals surface area contributed by atoms with Gasteiger partial charge in [0, 0.05) is 24.0 Å². The van der Waals surface area contributed by atoms with E-state index in [0.29, 0.717) is 13.1 Å². The summed E-state index contributed by atoms with van der Waals surface area (Å²) in [6.07, 6.45) is 0. The highest BCUT2D eigenvalue weighted by Crippen LogP contribution is 2.15. The molecule has 0 fully saturated rings. The van der Waals surface area contributed by atoms with Gasteiger partial charge in [0.15, 0.2) is 0 Å². The first-order chi connectivity index (χ1) is 8.19. The fraction of sp³-hybridized carbons (Fsp3) is 0.417. The molecule has 1 heterocycles. The molecule has 2 N–H and O–H groups in total. The molecule has 0 aromatic carbocycles. The van der Waals surface area contributed by atoms with E-state index in [1.54, 1.807) is 23.3 Å². The van der Waals surface area contributed by atoms with Gasteiger partial charge in [-0.1, -0.05) is 11.8 Å². The smallest absolute Gasteiger partial charge is 0.317 e. The number of hydrogen-bond acceptors (Lipinski definition) is 3. The number of hydrogen-bond donors (Lipinski definition) is 2. The maximum Gasteiger partial charge on any atom is 0.317 e. The second-order valence-corrected chi connectivity index (χ2v) is 4.39. The number of rotatable bonds is 3. The summed E-state index contributed by atoms with van der Waals surface area (Å²) in [4.78, 5) is 14.1. The van der Waals surface area contributed by atoms with E-state index in [0.717, 1.165) is 10.4 Å². The molecule has 17 heavy (non-hydrogen) atoms. The summed E-state index contributed by atoms with van der Waals surface area (Å²) in [6, 6.07) is 1.79. The van der Waals surface area contributed by atoms with Gasteiger partial charge >= 0.3 is 6.03 Å². The van der Waals surface area contributed by atoms with Gasteiger partial charge in [0.1, 0.15) is 6.61 Å². The molecule has 0 aliphatic rings. The molecule has 0 atom stereocenters. The molecule has 4 nitrogen and oxygen atoms in total. The Morgan fingerprint density at radius 1 is 1.65 bits per heavy atom. The molecule has 0 aliphatic heterocycles. The Kier molecular flexibility index (Phi) is 5.53. The minimum atomic E-state index is -0.153. The number of urea groups is 1. The standard InChI is InChI=1S/C12H16N2O2S/c1-3-14(2)12(16)13-9-11-10(5-4-7-15)6-8-17-11/h6,8,15H,3,7,9H2,1-2H3,(H,13,16). The molecule has 0 spiro atoms. The molecular weight excluding hydrogens is 236 g/mol. The first-order valence-corrected chi connectivity index (χ1v) is 6.22. The third-order valence-electron chi connectivity index (χ3n) is 2.27. The van der Waals surface area contributed by atoms with Crippen molar-refractivity contribution in [3.05, 3.63) is 21.9 Å². The van der Waals surface area contributed by atoms with Crippen molar-refractivity contribution in [2.45, 2.75) is 13.5 Å². The van der Waals surface area contributed by atoms with Gasteiger partial charge in [-0.2, -0.15) is 0 Å². The van der Waals surface area contributed by atoms with Crippen molar-refractivity contribution in [2.75, 3.05) is 20.2 Å². The monoisotopic (exact) mass is 252 g/mol. The fourth-order valence-electron chi connectivity index (χ4n) is 1.16. The highest BCUT2D eigenvalue weighted by atomic mass is 32.1. The second-order valence-electron chi connectivity index (χ2n) is 3.39. The topological polar surface area (TPSA) is 52.6 Å². The third kappa shape index (κ3) is 4.10. The van der Waals surface area contributed by atoms with Gasteiger partial charge < -0.3 is 15.3 Å². The first-order valence-electron chi connectivity index (χ1n) is 5.34. The largest absolute Gasteiger partial charge is 0.384 e. The summed E-state index contributed by atoms with van der Waals surface area (Å²) >= 11 is 1.54. The van der Waals surface area contributed by atoms with Gasteiger partial charge in [-0.25, -0.2) is 4.79 Å². The van der Waals surface area contributed by atoms with Crippen LogP contribution < -0.4 is 5.32 Å². The zero-order valence-electron chi connectivity index (χ0n) is 9.99. The lowest BCUT2D eigenvalue weighted by molar-refractivity contribution is 0.210. The van der Waals surface area contributed by atoms with E-state index in [-0.39, 0.29) is 12.6 Å². The molecule has 0 bridgehead atoms. The van der Waals surface area contributed by atoms with Gasteiger partial charge in [0.05, 0.1) is 6.54 Å². The molecule has 92 valence electrons. The van der Waals surface area contributed by atoms with Crippen LogP contribution in [0, 0.1) is 11.8 Å². The average molecular weight is 252 g/mol. The minimum absolute atomic E-state index is 0.0954. The number of carbonyl (C=O) groups excluding carboxylic acids is 1. The van der Waals surface area contributed by atoms with Crippen molar-refractivity contribution in [2.24, 2.45) is 0 Å². The Morgan fingerprint density at radius 2 is 2.41 bits per heavy atom. The van der Waals surface area contributed by atoms with Crippen LogP contribution in [0.25, 0.3) is 0 Å². The lowest BCUT2D eigenvalue weighted by Gasteiger charge is -2.15. The molecule has 0 aliphatic carbocycles. The van der Waals surface area contributed by atoms with E-state index in [2.05, 4.69) is 17.2 Å². The van der Waals surface area contributed by atoms with Crippen molar-refractivity contribution in [1.82, 2.24) is 10.2 Å². The normalized spacial score (nSPS) is 9.35. The summed E-state index contributed by atoms with van der Waals surface area (Å²) in [5.74, 6) is 5.46. The number of thiophene rings is 1. The van der Waals surface area contributed by atoms with Crippen molar-refractivity contribution in [1.29, 1.82) is 0 Å². The highest BCUT2D eigenvalue weighted by molar-refractivity contribution is 7.10. The van der Waals surface area contributed by atoms with Gasteiger partial charge in [-0.3, -0.25) is 0 Å². The van der Waals surface area contributed by atoms with E-state index in [4.69, 9.17) is 5.11 Å². The van der Waals surface area contributed by atoms with Crippen LogP contribution in [0.2, 0.25) is 0 Å². The third-order valence-corrected chi connectivity index (χ3v) is 3.19. The van der Waals surface area contributed by atoms with Crippen LogP contribution in [0.1, 0.15) is 17.4 Å². The van der Waals surface area contributed by atoms with Crippen LogP contribution in [0.3, 0.4) is 0 Å². The molecular formula is C12H16N2O2S. The SMILES string of the molecule is CCN(C)C(=O)NCc1sccc1C#CCO. The lowest BCUT2D eigenvalue weighted by Crippen LogP contribution is -2.36. The van der Waals surface area contributed by atoms with E-state index in [1.165, 1.54) is 0 Å². The second kappa shape index (κ2) is 6.94. The van der Waals surface area contributed by atoms with Crippen LogP contribution in [-0.4, -0.2) is 36.2 Å². The zero-order valence-corrected chi connectivity index (χ0v) is 10.8. The van der Waals surface area contributed by atoms with Gasteiger partial charge in [-0.05, 0) is 18.4 Å². The van der Waals surface area contributed by atoms with Crippen LogP contribution in [-0.2, 0) is 6.54 Å². The molecule has 2 amide bonds. The van der Waals surface area contributed by atoms with Crippen LogP contribution in [0.4, 0.5) is 4.79 Å². The molecule has 0 radical (unpaired) electrons. The van der Waals surface area contributed by atoms with Crippen molar-refractivity contribution < 1.29 is 9.90 Å². The van der Waals surface area contributed by atoms with E-state index in [1.807, 2.05) is 18.4 Å². The molecule has 1 rings (SSSR count). The van der Waals surface area contributed by atoms with Gasteiger partial charge in [-0.15, -0.1) is 11.3 Å². The molecule has 0 unspecified atom stereocenters. The Hall–Kier alpha value is -1.51. The molecule has 0 saturated carbocycles. The van der Waals surface area contributed by atoms with Gasteiger partial charge in [0.2, 0.25) is 0 Å². The number of aliphatic hydroxyl groups is 1. The maximum absolute atomic E-state index is 11.5.